The van der Waals surface area contributed by atoms with Gasteiger partial charge >= 0.3 is 0 Å². The number of ether oxygens (including phenoxy) is 1. The molecule has 1 aromatic heterocycles. The molecular weight excluding hydrogens is 254 g/mol. The predicted molar refractivity (Wildman–Crippen MR) is 76.9 cm³/mol. The molecule has 3 rings (SSSR count). The molecule has 0 fully saturated rings. The van der Waals surface area contributed by atoms with Crippen LogP contribution in [0.5, 0.6) is 5.88 Å². The highest BCUT2D eigenvalue weighted by molar-refractivity contribution is 6.02. The van der Waals surface area contributed by atoms with Crippen LogP contribution in [0.15, 0.2) is 42.5 Å². The third-order valence-electron chi connectivity index (χ3n) is 3.24. The van der Waals surface area contributed by atoms with E-state index in [0.29, 0.717) is 19.0 Å². The number of anilines is 2. The summed E-state index contributed by atoms with van der Waals surface area (Å²) < 4.78 is 5.11. The lowest BCUT2D eigenvalue weighted by atomic mass is 10.2. The van der Waals surface area contributed by atoms with Gasteiger partial charge < -0.3 is 15.0 Å². The van der Waals surface area contributed by atoms with Gasteiger partial charge in [-0.15, -0.1) is 0 Å². The number of carbonyl (C=O) groups excluding carboxylic acids is 1. The van der Waals surface area contributed by atoms with E-state index in [4.69, 9.17) is 4.74 Å². The first-order valence-corrected chi connectivity index (χ1v) is 6.41. The van der Waals surface area contributed by atoms with E-state index in [-0.39, 0.29) is 5.91 Å². The molecule has 1 aliphatic rings. The molecule has 0 radical (unpaired) electrons. The highest BCUT2D eigenvalue weighted by Gasteiger charge is 2.23. The number of methoxy groups -OCH3 is 1. The average Bonchev–Trinajstić information content (AvgIpc) is 2.50. The van der Waals surface area contributed by atoms with Crippen LogP contribution in [0.3, 0.4) is 0 Å². The molecule has 2 heterocycles. The third-order valence-corrected chi connectivity index (χ3v) is 3.24. The fraction of sp³-hybridized carbons (Fsp3) is 0.200. The maximum Gasteiger partial charge on any atom is 0.246 e. The molecule has 1 N–H and O–H groups in total. The van der Waals surface area contributed by atoms with Crippen LogP contribution < -0.4 is 15.0 Å². The molecule has 1 amide bonds. The standard InChI is InChI=1S/C15H15N3O2/c1-20-14-8-4-5-11(17-14)10-18-13-7-3-2-6-12(13)16-9-15(18)19/h2-8,16H,9-10H2,1H3. The summed E-state index contributed by atoms with van der Waals surface area (Å²) in [6, 6.07) is 13.3. The Balaban J connectivity index is 1.91. The summed E-state index contributed by atoms with van der Waals surface area (Å²) >= 11 is 0. The Morgan fingerprint density at radius 3 is 2.95 bits per heavy atom. The molecule has 5 heteroatoms. The molecule has 0 unspecified atom stereocenters. The van der Waals surface area contributed by atoms with Gasteiger partial charge in [0, 0.05) is 6.07 Å². The minimum absolute atomic E-state index is 0.0355. The van der Waals surface area contributed by atoms with Crippen molar-refractivity contribution in [3.63, 3.8) is 0 Å². The third kappa shape index (κ3) is 2.30. The number of nitrogens with one attached hydrogen (secondary N) is 1. The topological polar surface area (TPSA) is 54.5 Å². The lowest BCUT2D eigenvalue weighted by Gasteiger charge is -2.29. The van der Waals surface area contributed by atoms with Gasteiger partial charge in [0.2, 0.25) is 11.8 Å². The number of fused-ring (bicyclic) bond motifs is 1. The number of rotatable bonds is 3. The first-order valence-electron chi connectivity index (χ1n) is 6.41. The summed E-state index contributed by atoms with van der Waals surface area (Å²) in [6.45, 7) is 0.746. The number of para-hydroxylation sites is 2. The Bertz CT molecular complexity index is 643. The van der Waals surface area contributed by atoms with Crippen molar-refractivity contribution >= 4 is 17.3 Å². The normalized spacial score (nSPS) is 13.7. The summed E-state index contributed by atoms with van der Waals surface area (Å²) in [5, 5.41) is 3.11. The van der Waals surface area contributed by atoms with E-state index in [1.54, 1.807) is 18.1 Å². The Labute approximate surface area is 117 Å². The first-order chi connectivity index (χ1) is 9.78. The van der Waals surface area contributed by atoms with Crippen molar-refractivity contribution in [1.82, 2.24) is 4.98 Å². The summed E-state index contributed by atoms with van der Waals surface area (Å²) in [5.41, 5.74) is 2.65. The molecule has 0 spiro atoms. The Hall–Kier alpha value is -2.56. The van der Waals surface area contributed by atoms with Gasteiger partial charge in [-0.2, -0.15) is 0 Å². The molecule has 0 saturated heterocycles. The quantitative estimate of drug-likeness (QED) is 0.926. The summed E-state index contributed by atoms with van der Waals surface area (Å²) in [4.78, 5) is 18.2. The Kier molecular flexibility index (Phi) is 3.25. The number of aromatic nitrogens is 1. The smallest absolute Gasteiger partial charge is 0.246 e. The number of hydrogen-bond acceptors (Lipinski definition) is 4. The first kappa shape index (κ1) is 12.5. The van der Waals surface area contributed by atoms with Crippen LogP contribution in [0.4, 0.5) is 11.4 Å². The van der Waals surface area contributed by atoms with Crippen LogP contribution in [0, 0.1) is 0 Å². The van der Waals surface area contributed by atoms with E-state index >= 15 is 0 Å². The molecule has 0 aliphatic carbocycles. The van der Waals surface area contributed by atoms with Crippen LogP contribution in [0.25, 0.3) is 0 Å². The van der Waals surface area contributed by atoms with E-state index in [2.05, 4.69) is 10.3 Å². The fourth-order valence-electron chi connectivity index (χ4n) is 2.25. The molecule has 1 aromatic carbocycles. The van der Waals surface area contributed by atoms with Gasteiger partial charge in [0.25, 0.3) is 0 Å². The van der Waals surface area contributed by atoms with E-state index < -0.39 is 0 Å². The average molecular weight is 269 g/mol. The number of benzene rings is 1. The van der Waals surface area contributed by atoms with Crippen LogP contribution in [0.1, 0.15) is 5.69 Å². The van der Waals surface area contributed by atoms with E-state index in [9.17, 15) is 4.79 Å². The van der Waals surface area contributed by atoms with Crippen molar-refractivity contribution in [2.45, 2.75) is 6.54 Å². The molecule has 20 heavy (non-hydrogen) atoms. The van der Waals surface area contributed by atoms with Gasteiger partial charge in [-0.1, -0.05) is 18.2 Å². The molecular formula is C15H15N3O2. The van der Waals surface area contributed by atoms with Crippen molar-refractivity contribution < 1.29 is 9.53 Å². The largest absolute Gasteiger partial charge is 0.481 e. The van der Waals surface area contributed by atoms with Crippen molar-refractivity contribution in [2.24, 2.45) is 0 Å². The van der Waals surface area contributed by atoms with E-state index in [1.165, 1.54) is 0 Å². The van der Waals surface area contributed by atoms with Crippen LogP contribution in [-0.2, 0) is 11.3 Å². The van der Waals surface area contributed by atoms with Gasteiger partial charge in [0.05, 0.1) is 37.3 Å². The molecule has 5 nitrogen and oxygen atoms in total. The second-order valence-electron chi connectivity index (χ2n) is 4.52. The lowest BCUT2D eigenvalue weighted by molar-refractivity contribution is -0.117. The molecule has 102 valence electrons. The monoisotopic (exact) mass is 269 g/mol. The van der Waals surface area contributed by atoms with Gasteiger partial charge in [-0.25, -0.2) is 4.98 Å². The molecule has 0 atom stereocenters. The minimum Gasteiger partial charge on any atom is -0.481 e. The van der Waals surface area contributed by atoms with Crippen LogP contribution in [-0.4, -0.2) is 24.5 Å². The Morgan fingerprint density at radius 1 is 1.25 bits per heavy atom. The fourth-order valence-corrected chi connectivity index (χ4v) is 2.25. The zero-order valence-corrected chi connectivity index (χ0v) is 11.2. The van der Waals surface area contributed by atoms with Crippen LogP contribution in [0.2, 0.25) is 0 Å². The summed E-state index contributed by atoms with van der Waals surface area (Å²) in [5.74, 6) is 0.590. The van der Waals surface area contributed by atoms with Crippen molar-refractivity contribution in [1.29, 1.82) is 0 Å². The maximum atomic E-state index is 12.1. The summed E-state index contributed by atoms with van der Waals surface area (Å²) in [6.07, 6.45) is 0. The highest BCUT2D eigenvalue weighted by Crippen LogP contribution is 2.30. The number of pyridine rings is 1. The van der Waals surface area contributed by atoms with E-state index in [0.717, 1.165) is 17.1 Å². The predicted octanol–water partition coefficient (Wildman–Crippen LogP) is 2.05. The van der Waals surface area contributed by atoms with Crippen LogP contribution >= 0.6 is 0 Å². The number of nitrogens with zero attached hydrogens (tertiary/aromatic N) is 2. The van der Waals surface area contributed by atoms with Crippen molar-refractivity contribution in [3.8, 4) is 5.88 Å². The molecule has 2 aromatic rings. The molecule has 0 bridgehead atoms. The zero-order valence-electron chi connectivity index (χ0n) is 11.2. The summed E-state index contributed by atoms with van der Waals surface area (Å²) in [7, 11) is 1.58. The van der Waals surface area contributed by atoms with Crippen molar-refractivity contribution in [3.05, 3.63) is 48.2 Å². The van der Waals surface area contributed by atoms with Gasteiger partial charge in [0.1, 0.15) is 0 Å². The minimum atomic E-state index is 0.0355. The van der Waals surface area contributed by atoms with Gasteiger partial charge in [0.15, 0.2) is 0 Å². The lowest BCUT2D eigenvalue weighted by Crippen LogP contribution is -2.39. The Morgan fingerprint density at radius 2 is 2.10 bits per heavy atom. The second-order valence-corrected chi connectivity index (χ2v) is 4.52. The van der Waals surface area contributed by atoms with Gasteiger partial charge in [-0.3, -0.25) is 4.79 Å². The van der Waals surface area contributed by atoms with Crippen molar-refractivity contribution in [2.75, 3.05) is 23.9 Å². The molecule has 1 aliphatic heterocycles. The number of carbonyl (C=O) groups is 1. The van der Waals surface area contributed by atoms with Gasteiger partial charge in [-0.05, 0) is 18.2 Å². The second kappa shape index (κ2) is 5.21. The van der Waals surface area contributed by atoms with E-state index in [1.807, 2.05) is 36.4 Å². The zero-order chi connectivity index (χ0) is 13.9. The molecule has 0 saturated carbocycles. The SMILES string of the molecule is COc1cccc(CN2C(=O)CNc3ccccc32)n1. The maximum absolute atomic E-state index is 12.1. The number of hydrogen-bond donors (Lipinski definition) is 1. The number of amides is 1. The highest BCUT2D eigenvalue weighted by atomic mass is 16.5.